The second kappa shape index (κ2) is 21.5. The van der Waals surface area contributed by atoms with Gasteiger partial charge in [-0.25, -0.2) is 0 Å². The molecule has 0 aliphatic carbocycles. The van der Waals surface area contributed by atoms with Crippen molar-refractivity contribution in [2.45, 2.75) is 77.7 Å². The van der Waals surface area contributed by atoms with Crippen molar-refractivity contribution in [2.75, 3.05) is 13.6 Å². The van der Waals surface area contributed by atoms with Crippen molar-refractivity contribution in [1.82, 2.24) is 10.3 Å². The van der Waals surface area contributed by atoms with Gasteiger partial charge in [0.15, 0.2) is 0 Å². The third-order valence-electron chi connectivity index (χ3n) is 5.18. The summed E-state index contributed by atoms with van der Waals surface area (Å²) in [6.07, 6.45) is 17.8. The first-order chi connectivity index (χ1) is 17.2. The molecule has 0 heterocycles. The van der Waals surface area contributed by atoms with Gasteiger partial charge in [0.25, 0.3) is 0 Å². The molecule has 0 rings (SSSR count). The van der Waals surface area contributed by atoms with E-state index < -0.39 is 0 Å². The highest BCUT2D eigenvalue weighted by molar-refractivity contribution is 8.05. The Kier molecular flexibility index (Phi) is 20.5. The van der Waals surface area contributed by atoms with Crippen molar-refractivity contribution in [1.29, 1.82) is 0 Å². The summed E-state index contributed by atoms with van der Waals surface area (Å²) in [6, 6.07) is 0. The number of hydrogen-bond donors (Lipinski definition) is 1. The van der Waals surface area contributed by atoms with Gasteiger partial charge in [-0.3, -0.25) is 10.0 Å². The van der Waals surface area contributed by atoms with Crippen molar-refractivity contribution in [3.05, 3.63) is 70.8 Å². The third-order valence-corrected chi connectivity index (χ3v) is 7.61. The van der Waals surface area contributed by atoms with E-state index in [9.17, 15) is 0 Å². The van der Waals surface area contributed by atoms with Gasteiger partial charge in [-0.05, 0) is 57.1 Å². The average Bonchev–Trinajstić information content (AvgIpc) is 2.84. The molecule has 7 heteroatoms. The fourth-order valence-corrected chi connectivity index (χ4v) is 4.95. The summed E-state index contributed by atoms with van der Waals surface area (Å²) < 4.78 is 0.748. The molecule has 0 saturated heterocycles. The highest BCUT2D eigenvalue weighted by Crippen LogP contribution is 2.27. The van der Waals surface area contributed by atoms with Crippen LogP contribution in [0.3, 0.4) is 0 Å². The number of hydrazone groups is 1. The Morgan fingerprint density at radius 2 is 1.86 bits per heavy atom. The molecule has 0 bridgehead atoms. The number of thioether (sulfide) groups is 2. The van der Waals surface area contributed by atoms with Gasteiger partial charge in [0, 0.05) is 36.0 Å². The molecule has 3 atom stereocenters. The molecule has 0 aromatic rings. The number of rotatable bonds is 18. The van der Waals surface area contributed by atoms with Gasteiger partial charge in [0.05, 0.1) is 16.0 Å². The maximum atomic E-state index is 6.24. The van der Waals surface area contributed by atoms with Crippen LogP contribution in [0.2, 0.25) is 0 Å². The van der Waals surface area contributed by atoms with Crippen LogP contribution >= 0.6 is 35.1 Å². The number of allylic oxidation sites excluding steroid dienone is 6. The van der Waals surface area contributed by atoms with E-state index in [4.69, 9.17) is 21.7 Å². The highest BCUT2D eigenvalue weighted by atomic mass is 35.5. The maximum Gasteiger partial charge on any atom is 0.109 e. The van der Waals surface area contributed by atoms with E-state index in [2.05, 4.69) is 82.8 Å². The Morgan fingerprint density at radius 1 is 1.17 bits per heavy atom. The quantitative estimate of drug-likeness (QED) is 0.0799. The van der Waals surface area contributed by atoms with E-state index in [-0.39, 0.29) is 11.2 Å². The monoisotopic (exact) mass is 550 g/mol. The predicted molar refractivity (Wildman–Crippen MR) is 170 cm³/mol. The average molecular weight is 551 g/mol. The molecule has 36 heavy (non-hydrogen) atoms. The predicted octanol–water partition coefficient (Wildman–Crippen LogP) is 9.13. The molecule has 0 spiro atoms. The van der Waals surface area contributed by atoms with Crippen molar-refractivity contribution < 1.29 is 0 Å². The lowest BCUT2D eigenvalue weighted by atomic mass is 10.1. The minimum atomic E-state index is 0.0491. The standard InChI is InChI=1S/C29H47ClN4S2/c1-10-15-18-27(14-5)34(9)32-22-26(13-4)29(33-24(7)25(8)35-21-16-11-2)31-20-19-23(6)36-28(30)17-12-3/h12,14-18,21-23,25-26H,3,7,10-11,13,19-20H2,1-2,4-6,8-9H3,(H,31,33)/b18-15-,21-16-,27-14+,28-17-,32-22-. The molecule has 0 radical (unpaired) electrons. The number of halogens is 1. The lowest BCUT2D eigenvalue weighted by Gasteiger charge is -2.22. The number of likely N-dealkylation sites (N-methyl/N-ethyl adjacent to an activating group) is 1. The van der Waals surface area contributed by atoms with Crippen molar-refractivity contribution in [3.63, 3.8) is 0 Å². The summed E-state index contributed by atoms with van der Waals surface area (Å²) in [5.41, 5.74) is 2.00. The zero-order chi connectivity index (χ0) is 27.3. The van der Waals surface area contributed by atoms with Gasteiger partial charge in [-0.2, -0.15) is 5.10 Å². The smallest absolute Gasteiger partial charge is 0.109 e. The number of hydrogen-bond acceptors (Lipinski definition) is 5. The summed E-state index contributed by atoms with van der Waals surface area (Å²) in [7, 11) is 1.97. The molecule has 3 unspecified atom stereocenters. The summed E-state index contributed by atoms with van der Waals surface area (Å²) in [5.74, 6) is 0.954. The number of nitrogens with zero attached hydrogens (tertiary/aromatic N) is 3. The largest absolute Gasteiger partial charge is 0.347 e. The highest BCUT2D eigenvalue weighted by Gasteiger charge is 2.16. The van der Waals surface area contributed by atoms with Crippen LogP contribution in [0.25, 0.3) is 0 Å². The van der Waals surface area contributed by atoms with Crippen molar-refractivity contribution in [3.8, 4) is 0 Å². The molecule has 1 N–H and O–H groups in total. The Morgan fingerprint density at radius 3 is 2.44 bits per heavy atom. The van der Waals surface area contributed by atoms with Crippen molar-refractivity contribution >= 4 is 47.2 Å². The number of aliphatic imine (C=N–C) groups is 1. The van der Waals surface area contributed by atoms with E-state index in [1.54, 1.807) is 29.6 Å². The zero-order valence-electron chi connectivity index (χ0n) is 23.3. The fourth-order valence-electron chi connectivity index (χ4n) is 2.86. The molecule has 0 aliphatic heterocycles. The van der Waals surface area contributed by atoms with Gasteiger partial charge in [0.1, 0.15) is 5.84 Å². The molecule has 0 aromatic heterocycles. The van der Waals surface area contributed by atoms with E-state index in [0.29, 0.717) is 11.8 Å². The van der Waals surface area contributed by atoms with Crippen LogP contribution in [-0.4, -0.2) is 41.2 Å². The third kappa shape index (κ3) is 15.5. The minimum Gasteiger partial charge on any atom is -0.347 e. The van der Waals surface area contributed by atoms with E-state index in [1.165, 1.54) is 0 Å². The lowest BCUT2D eigenvalue weighted by molar-refractivity contribution is 0.459. The molecular formula is C29H47ClN4S2. The van der Waals surface area contributed by atoms with Gasteiger partial charge >= 0.3 is 0 Å². The molecule has 0 fully saturated rings. The fraction of sp³-hybridized carbons (Fsp3) is 0.517. The first kappa shape index (κ1) is 34.4. The minimum absolute atomic E-state index is 0.0491. The van der Waals surface area contributed by atoms with Gasteiger partial charge in [-0.15, -0.1) is 23.5 Å². The van der Waals surface area contributed by atoms with Crippen molar-refractivity contribution in [2.24, 2.45) is 16.0 Å². The second-order valence-corrected chi connectivity index (χ2v) is 11.6. The SMILES string of the molecule is C=C/C=C(/Cl)SC(C)CC/N=C(/NC(=C)C(C)S/C=C\CC)C(/C=N\N(C)C(/C=C\CC)=C/C)CC. The van der Waals surface area contributed by atoms with E-state index in [0.717, 1.165) is 47.3 Å². The number of amidine groups is 1. The Balaban J connectivity index is 5.67. The molecular weight excluding hydrogens is 504 g/mol. The van der Waals surface area contributed by atoms with Gasteiger partial charge < -0.3 is 5.32 Å². The topological polar surface area (TPSA) is 40.0 Å². The molecule has 4 nitrogen and oxygen atoms in total. The van der Waals surface area contributed by atoms with Gasteiger partial charge in [0.2, 0.25) is 0 Å². The Hall–Kier alpha value is -1.63. The summed E-state index contributed by atoms with van der Waals surface area (Å²) in [5, 5.41) is 12.9. The molecule has 0 aromatic carbocycles. The lowest BCUT2D eigenvalue weighted by Crippen LogP contribution is -2.34. The van der Waals surface area contributed by atoms with E-state index in [1.807, 2.05) is 31.3 Å². The normalized spacial score (nSPS) is 16.1. The first-order valence-electron chi connectivity index (χ1n) is 12.8. The van der Waals surface area contributed by atoms with Crippen LogP contribution < -0.4 is 5.32 Å². The molecule has 0 aliphatic rings. The van der Waals surface area contributed by atoms with Crippen LogP contribution in [0.15, 0.2) is 80.9 Å². The summed E-state index contributed by atoms with van der Waals surface area (Å²) in [6.45, 7) is 21.5. The van der Waals surface area contributed by atoms with Crippen LogP contribution in [0.5, 0.6) is 0 Å². The summed E-state index contributed by atoms with van der Waals surface area (Å²) in [4.78, 5) is 4.98. The van der Waals surface area contributed by atoms with Crippen LogP contribution in [-0.2, 0) is 0 Å². The molecule has 202 valence electrons. The molecule has 0 saturated carbocycles. The zero-order valence-corrected chi connectivity index (χ0v) is 25.7. The Labute approximate surface area is 234 Å². The molecule has 0 amide bonds. The van der Waals surface area contributed by atoms with E-state index >= 15 is 0 Å². The number of nitrogens with one attached hydrogen (secondary N) is 1. The van der Waals surface area contributed by atoms with Crippen LogP contribution in [0, 0.1) is 5.92 Å². The van der Waals surface area contributed by atoms with Crippen LogP contribution in [0.1, 0.15) is 67.2 Å². The Bertz CT molecular complexity index is 827. The van der Waals surface area contributed by atoms with Crippen LogP contribution in [0.4, 0.5) is 0 Å². The summed E-state index contributed by atoms with van der Waals surface area (Å²) >= 11 is 9.63. The maximum absolute atomic E-state index is 6.24. The first-order valence-corrected chi connectivity index (χ1v) is 15.0. The second-order valence-electron chi connectivity index (χ2n) is 8.23. The van der Waals surface area contributed by atoms with Gasteiger partial charge in [-0.1, -0.05) is 76.8 Å².